The number of aromatic nitrogens is 1. The van der Waals surface area contributed by atoms with Crippen molar-refractivity contribution in [2.24, 2.45) is 0 Å². The number of rotatable bonds is 8. The number of hydrogen-bond acceptors (Lipinski definition) is 5. The molecular formula is C19H18N4O5S. The third-order valence-corrected chi connectivity index (χ3v) is 5.46. The second-order valence-corrected chi connectivity index (χ2v) is 8.04. The van der Waals surface area contributed by atoms with Gasteiger partial charge in [-0.2, -0.15) is 0 Å². The molecule has 3 aromatic rings. The molecule has 2 aromatic carbocycles. The first-order valence-electron chi connectivity index (χ1n) is 8.53. The average Bonchev–Trinajstić information content (AvgIpc) is 3.11. The number of H-pyrrole nitrogens is 1. The highest BCUT2D eigenvalue weighted by Crippen LogP contribution is 2.24. The molecule has 3 N–H and O–H groups in total. The molecule has 0 spiro atoms. The number of carbonyl (C=O) groups excluding carboxylic acids is 1. The van der Waals surface area contributed by atoms with E-state index in [1.807, 2.05) is 0 Å². The molecule has 0 fully saturated rings. The molecule has 0 unspecified atom stereocenters. The van der Waals surface area contributed by atoms with Gasteiger partial charge in [0.05, 0.1) is 16.2 Å². The number of non-ortho nitro benzene ring substituents is 1. The Bertz CT molecular complexity index is 1180. The molecule has 0 aliphatic heterocycles. The lowest BCUT2D eigenvalue weighted by Crippen LogP contribution is -2.25. The Kier molecular flexibility index (Phi) is 5.76. The van der Waals surface area contributed by atoms with Crippen LogP contribution in [0.2, 0.25) is 0 Å². The molecule has 9 nitrogen and oxygen atoms in total. The largest absolute Gasteiger partial charge is 0.360 e. The summed E-state index contributed by atoms with van der Waals surface area (Å²) >= 11 is 0. The zero-order valence-electron chi connectivity index (χ0n) is 15.2. The Morgan fingerprint density at radius 3 is 2.59 bits per heavy atom. The van der Waals surface area contributed by atoms with Crippen LogP contribution in [0.4, 0.5) is 11.4 Å². The third-order valence-electron chi connectivity index (χ3n) is 4.14. The highest BCUT2D eigenvalue weighted by molar-refractivity contribution is 7.88. The van der Waals surface area contributed by atoms with Crippen molar-refractivity contribution in [1.29, 1.82) is 0 Å². The van der Waals surface area contributed by atoms with Gasteiger partial charge in [0, 0.05) is 41.5 Å². The summed E-state index contributed by atoms with van der Waals surface area (Å²) in [5.74, 6) is -0.633. The van der Waals surface area contributed by atoms with E-state index < -0.39 is 20.9 Å². The van der Waals surface area contributed by atoms with Crippen LogP contribution in [0.15, 0.2) is 61.3 Å². The fraction of sp³-hybridized carbons (Fsp3) is 0.105. The van der Waals surface area contributed by atoms with Gasteiger partial charge in [0.2, 0.25) is 10.0 Å². The minimum absolute atomic E-state index is 0.109. The number of nitro groups is 1. The highest BCUT2D eigenvalue weighted by Gasteiger charge is 2.16. The van der Waals surface area contributed by atoms with E-state index in [0.29, 0.717) is 22.2 Å². The van der Waals surface area contributed by atoms with Crippen LogP contribution in [0.1, 0.15) is 15.9 Å². The summed E-state index contributed by atoms with van der Waals surface area (Å²) in [5.41, 5.74) is 1.79. The number of aromatic amines is 1. The van der Waals surface area contributed by atoms with Crippen molar-refractivity contribution in [2.45, 2.75) is 5.75 Å². The number of nitrogens with zero attached hydrogens (tertiary/aromatic N) is 1. The lowest BCUT2D eigenvalue weighted by molar-refractivity contribution is -0.384. The van der Waals surface area contributed by atoms with Gasteiger partial charge < -0.3 is 10.3 Å². The third kappa shape index (κ3) is 4.86. The van der Waals surface area contributed by atoms with Gasteiger partial charge in [-0.1, -0.05) is 18.2 Å². The second kappa shape index (κ2) is 8.25. The van der Waals surface area contributed by atoms with Crippen LogP contribution in [0.5, 0.6) is 0 Å². The molecule has 0 radical (unpaired) electrons. The number of sulfonamides is 1. The molecule has 3 rings (SSSR count). The van der Waals surface area contributed by atoms with Crippen molar-refractivity contribution in [3.05, 3.63) is 82.6 Å². The highest BCUT2D eigenvalue weighted by atomic mass is 32.2. The molecule has 0 aliphatic carbocycles. The first kappa shape index (κ1) is 20.2. The summed E-state index contributed by atoms with van der Waals surface area (Å²) in [5, 5.41) is 14.1. The van der Waals surface area contributed by atoms with Crippen LogP contribution in [-0.2, 0) is 15.8 Å². The number of fused-ring (bicyclic) bond motifs is 1. The number of anilines is 1. The van der Waals surface area contributed by atoms with Crippen molar-refractivity contribution in [3.63, 3.8) is 0 Å². The zero-order chi connectivity index (χ0) is 21.0. The normalized spacial score (nSPS) is 11.3. The summed E-state index contributed by atoms with van der Waals surface area (Å²) in [6.45, 7) is 3.61. The number of benzene rings is 2. The number of nitro benzene ring substituents is 1. The number of nitrogens with one attached hydrogen (secondary N) is 3. The molecule has 150 valence electrons. The Hall–Kier alpha value is -3.50. The average molecular weight is 414 g/mol. The van der Waals surface area contributed by atoms with Gasteiger partial charge in [-0.05, 0) is 23.8 Å². The van der Waals surface area contributed by atoms with Crippen LogP contribution in [0.25, 0.3) is 10.9 Å². The molecule has 0 saturated carbocycles. The molecular weight excluding hydrogens is 396 g/mol. The van der Waals surface area contributed by atoms with E-state index in [9.17, 15) is 23.3 Å². The van der Waals surface area contributed by atoms with Crippen LogP contribution in [0.3, 0.4) is 0 Å². The van der Waals surface area contributed by atoms with Crippen molar-refractivity contribution in [3.8, 4) is 0 Å². The maximum Gasteiger partial charge on any atom is 0.270 e. The molecule has 29 heavy (non-hydrogen) atoms. The minimum atomic E-state index is -3.47. The van der Waals surface area contributed by atoms with Gasteiger partial charge >= 0.3 is 0 Å². The number of carbonyl (C=O) groups is 1. The molecule has 0 bridgehead atoms. The Labute approximate surface area is 166 Å². The SMILES string of the molecule is C=CCNS(=O)(=O)Cc1ccc(NC(=O)c2c[nH]c3ccc([N+](=O)[O-])cc23)cc1. The summed E-state index contributed by atoms with van der Waals surface area (Å²) in [4.78, 5) is 25.9. The summed E-state index contributed by atoms with van der Waals surface area (Å²) < 4.78 is 26.2. The second-order valence-electron chi connectivity index (χ2n) is 6.24. The Morgan fingerprint density at radius 1 is 1.21 bits per heavy atom. The van der Waals surface area contributed by atoms with Crippen molar-refractivity contribution in [1.82, 2.24) is 9.71 Å². The summed E-state index contributed by atoms with van der Waals surface area (Å²) in [6.07, 6.45) is 2.94. The fourth-order valence-electron chi connectivity index (χ4n) is 2.75. The molecule has 1 aromatic heterocycles. The van der Waals surface area contributed by atoms with Gasteiger partial charge in [0.15, 0.2) is 0 Å². The topological polar surface area (TPSA) is 134 Å². The maximum absolute atomic E-state index is 12.6. The lowest BCUT2D eigenvalue weighted by atomic mass is 10.1. The van der Waals surface area contributed by atoms with Crippen LogP contribution < -0.4 is 10.0 Å². The van der Waals surface area contributed by atoms with Gasteiger partial charge in [0.25, 0.3) is 11.6 Å². The number of hydrogen-bond donors (Lipinski definition) is 3. The predicted molar refractivity (Wildman–Crippen MR) is 110 cm³/mol. The summed E-state index contributed by atoms with van der Waals surface area (Å²) in [6, 6.07) is 10.6. The molecule has 0 atom stereocenters. The van der Waals surface area contributed by atoms with E-state index in [2.05, 4.69) is 21.6 Å². The Balaban J connectivity index is 1.74. The van der Waals surface area contributed by atoms with Gasteiger partial charge in [-0.3, -0.25) is 14.9 Å². The quantitative estimate of drug-likeness (QED) is 0.296. The molecule has 10 heteroatoms. The monoisotopic (exact) mass is 414 g/mol. The molecule has 1 amide bonds. The van der Waals surface area contributed by atoms with E-state index in [1.54, 1.807) is 30.3 Å². The predicted octanol–water partition coefficient (Wildman–Crippen LogP) is 2.93. The fourth-order valence-corrected chi connectivity index (χ4v) is 3.85. The van der Waals surface area contributed by atoms with E-state index in [0.717, 1.165) is 0 Å². The first-order valence-corrected chi connectivity index (χ1v) is 10.2. The van der Waals surface area contributed by atoms with Crippen molar-refractivity contribution >= 4 is 38.2 Å². The van der Waals surface area contributed by atoms with E-state index in [4.69, 9.17) is 0 Å². The van der Waals surface area contributed by atoms with Gasteiger partial charge in [-0.15, -0.1) is 6.58 Å². The van der Waals surface area contributed by atoms with Crippen molar-refractivity contribution in [2.75, 3.05) is 11.9 Å². The van der Waals surface area contributed by atoms with E-state index in [-0.39, 0.29) is 23.5 Å². The van der Waals surface area contributed by atoms with Crippen LogP contribution in [0, 0.1) is 10.1 Å². The lowest BCUT2D eigenvalue weighted by Gasteiger charge is -2.07. The van der Waals surface area contributed by atoms with Gasteiger partial charge in [-0.25, -0.2) is 13.1 Å². The first-order chi connectivity index (χ1) is 13.8. The number of amides is 1. The van der Waals surface area contributed by atoms with Crippen molar-refractivity contribution < 1.29 is 18.1 Å². The summed E-state index contributed by atoms with van der Waals surface area (Å²) in [7, 11) is -3.47. The van der Waals surface area contributed by atoms with Crippen LogP contribution in [-0.4, -0.2) is 30.8 Å². The minimum Gasteiger partial charge on any atom is -0.360 e. The molecule has 0 aliphatic rings. The molecule has 1 heterocycles. The van der Waals surface area contributed by atoms with Crippen LogP contribution >= 0.6 is 0 Å². The standard InChI is InChI=1S/C19H18N4O5S/c1-2-9-21-29(27,28)12-13-3-5-14(6-4-13)22-19(24)17-11-20-18-8-7-15(23(25)26)10-16(17)18/h2-8,10-11,20-21H,1,9,12H2,(H,22,24). The zero-order valence-corrected chi connectivity index (χ0v) is 16.0. The Morgan fingerprint density at radius 2 is 1.93 bits per heavy atom. The smallest absolute Gasteiger partial charge is 0.270 e. The maximum atomic E-state index is 12.6. The van der Waals surface area contributed by atoms with E-state index >= 15 is 0 Å². The van der Waals surface area contributed by atoms with Gasteiger partial charge in [0.1, 0.15) is 0 Å². The molecule has 0 saturated heterocycles. The van der Waals surface area contributed by atoms with E-state index in [1.165, 1.54) is 24.4 Å².